The standard InChI is InChI=1S/C31H41N3O/c1-2-26-18-20-28(21-19-26)34-31(35)17-12-10-8-6-4-3-5-7-9-11-15-27-22-24-33-30(25-27)29-16-13-14-23-32-29/h13-14,16,18-25H,2-12,15,17H2,1H3,(H,34,35). The highest BCUT2D eigenvalue weighted by Crippen LogP contribution is 2.17. The van der Waals surface area contributed by atoms with Gasteiger partial charge in [-0.15, -0.1) is 0 Å². The van der Waals surface area contributed by atoms with Gasteiger partial charge in [0.05, 0.1) is 11.4 Å². The average Bonchev–Trinajstić information content (AvgIpc) is 2.90. The van der Waals surface area contributed by atoms with Gasteiger partial charge < -0.3 is 5.32 Å². The Morgan fingerprint density at radius 3 is 2.00 bits per heavy atom. The van der Waals surface area contributed by atoms with Crippen LogP contribution >= 0.6 is 0 Å². The highest BCUT2D eigenvalue weighted by molar-refractivity contribution is 5.90. The summed E-state index contributed by atoms with van der Waals surface area (Å²) in [6.45, 7) is 2.14. The van der Waals surface area contributed by atoms with Gasteiger partial charge in [-0.25, -0.2) is 0 Å². The van der Waals surface area contributed by atoms with E-state index in [1.165, 1.54) is 62.5 Å². The quantitative estimate of drug-likeness (QED) is 0.214. The minimum atomic E-state index is 0.133. The van der Waals surface area contributed by atoms with E-state index in [4.69, 9.17) is 0 Å². The smallest absolute Gasteiger partial charge is 0.224 e. The van der Waals surface area contributed by atoms with Crippen molar-refractivity contribution < 1.29 is 4.79 Å². The fourth-order valence-corrected chi connectivity index (χ4v) is 4.36. The number of aryl methyl sites for hydroxylation is 2. The van der Waals surface area contributed by atoms with E-state index in [-0.39, 0.29) is 5.91 Å². The van der Waals surface area contributed by atoms with Crippen molar-refractivity contribution >= 4 is 11.6 Å². The first-order valence-electron chi connectivity index (χ1n) is 13.5. The molecule has 0 saturated heterocycles. The van der Waals surface area contributed by atoms with Crippen molar-refractivity contribution in [1.29, 1.82) is 0 Å². The summed E-state index contributed by atoms with van der Waals surface area (Å²) in [5.41, 5.74) is 5.45. The van der Waals surface area contributed by atoms with Gasteiger partial charge in [-0.1, -0.05) is 76.5 Å². The van der Waals surface area contributed by atoms with Crippen LogP contribution in [0.25, 0.3) is 11.4 Å². The van der Waals surface area contributed by atoms with Crippen molar-refractivity contribution in [2.24, 2.45) is 0 Å². The van der Waals surface area contributed by atoms with Gasteiger partial charge in [-0.2, -0.15) is 0 Å². The molecule has 0 radical (unpaired) electrons. The third-order valence-electron chi connectivity index (χ3n) is 6.52. The number of carbonyl (C=O) groups is 1. The molecule has 0 fully saturated rings. The Hall–Kier alpha value is -3.01. The SMILES string of the molecule is CCc1ccc(NC(=O)CCCCCCCCCCCCc2ccnc(-c3ccccn3)c2)cc1. The summed E-state index contributed by atoms with van der Waals surface area (Å²) in [4.78, 5) is 20.9. The van der Waals surface area contributed by atoms with E-state index in [0.717, 1.165) is 42.8 Å². The second kappa shape index (κ2) is 15.8. The first-order valence-corrected chi connectivity index (χ1v) is 13.5. The summed E-state index contributed by atoms with van der Waals surface area (Å²) in [6.07, 6.45) is 18.9. The van der Waals surface area contributed by atoms with Crippen LogP contribution in [0.3, 0.4) is 0 Å². The highest BCUT2D eigenvalue weighted by atomic mass is 16.1. The number of benzene rings is 1. The molecule has 0 atom stereocenters. The van der Waals surface area contributed by atoms with Gasteiger partial charge in [0.25, 0.3) is 0 Å². The molecule has 0 aliphatic rings. The monoisotopic (exact) mass is 471 g/mol. The largest absolute Gasteiger partial charge is 0.326 e. The number of aromatic nitrogens is 2. The molecule has 0 saturated carbocycles. The molecule has 0 aliphatic carbocycles. The number of anilines is 1. The van der Waals surface area contributed by atoms with Crippen molar-refractivity contribution in [3.8, 4) is 11.4 Å². The average molecular weight is 472 g/mol. The summed E-state index contributed by atoms with van der Waals surface area (Å²) in [5, 5.41) is 3.00. The molecule has 0 aliphatic heterocycles. The van der Waals surface area contributed by atoms with Crippen LogP contribution in [0, 0.1) is 0 Å². The highest BCUT2D eigenvalue weighted by Gasteiger charge is 2.03. The van der Waals surface area contributed by atoms with Crippen LogP contribution in [0.1, 0.15) is 88.7 Å². The fraction of sp³-hybridized carbons (Fsp3) is 0.452. The second-order valence-corrected chi connectivity index (χ2v) is 9.40. The van der Waals surface area contributed by atoms with Crippen LogP contribution in [0.5, 0.6) is 0 Å². The molecule has 35 heavy (non-hydrogen) atoms. The summed E-state index contributed by atoms with van der Waals surface area (Å²) in [5.74, 6) is 0.133. The predicted octanol–water partition coefficient (Wildman–Crippen LogP) is 8.18. The molecule has 3 aromatic rings. The van der Waals surface area contributed by atoms with Crippen molar-refractivity contribution in [2.45, 2.75) is 90.4 Å². The third-order valence-corrected chi connectivity index (χ3v) is 6.52. The first kappa shape index (κ1) is 26.6. The Kier molecular flexibility index (Phi) is 12.0. The van der Waals surface area contributed by atoms with Crippen LogP contribution in [-0.4, -0.2) is 15.9 Å². The minimum absolute atomic E-state index is 0.133. The molecule has 0 unspecified atom stereocenters. The topological polar surface area (TPSA) is 54.9 Å². The second-order valence-electron chi connectivity index (χ2n) is 9.40. The van der Waals surface area contributed by atoms with Crippen molar-refractivity contribution in [1.82, 2.24) is 9.97 Å². The molecule has 2 heterocycles. The molecule has 186 valence electrons. The van der Waals surface area contributed by atoms with Gasteiger partial charge >= 0.3 is 0 Å². The molecule has 3 rings (SSSR count). The fourth-order valence-electron chi connectivity index (χ4n) is 4.36. The lowest BCUT2D eigenvalue weighted by Gasteiger charge is -2.06. The number of nitrogens with one attached hydrogen (secondary N) is 1. The number of hydrogen-bond donors (Lipinski definition) is 1. The van der Waals surface area contributed by atoms with Crippen molar-refractivity contribution in [3.63, 3.8) is 0 Å². The molecule has 0 bridgehead atoms. The predicted molar refractivity (Wildman–Crippen MR) is 146 cm³/mol. The van der Waals surface area contributed by atoms with Crippen LogP contribution in [-0.2, 0) is 17.6 Å². The number of pyridine rings is 2. The Morgan fingerprint density at radius 2 is 1.34 bits per heavy atom. The molecule has 4 nitrogen and oxygen atoms in total. The zero-order valence-corrected chi connectivity index (χ0v) is 21.3. The van der Waals surface area contributed by atoms with Gasteiger partial charge in [0, 0.05) is 24.5 Å². The minimum Gasteiger partial charge on any atom is -0.326 e. The Bertz CT molecular complexity index is 986. The molecule has 4 heteroatoms. The van der Waals surface area contributed by atoms with E-state index in [9.17, 15) is 4.79 Å². The first-order chi connectivity index (χ1) is 17.2. The van der Waals surface area contributed by atoms with E-state index < -0.39 is 0 Å². The molecule has 0 spiro atoms. The van der Waals surface area contributed by atoms with Gasteiger partial charge in [0.15, 0.2) is 0 Å². The molecule has 1 amide bonds. The number of carbonyl (C=O) groups excluding carboxylic acids is 1. The summed E-state index contributed by atoms with van der Waals surface area (Å²) in [7, 11) is 0. The van der Waals surface area contributed by atoms with E-state index in [2.05, 4.69) is 46.5 Å². The normalized spacial score (nSPS) is 10.9. The van der Waals surface area contributed by atoms with Crippen molar-refractivity contribution in [3.05, 3.63) is 78.1 Å². The summed E-state index contributed by atoms with van der Waals surface area (Å²) < 4.78 is 0. The van der Waals surface area contributed by atoms with Crippen LogP contribution in [0.4, 0.5) is 5.69 Å². The maximum Gasteiger partial charge on any atom is 0.224 e. The molecular formula is C31H41N3O. The van der Waals surface area contributed by atoms with Gasteiger partial charge in [-0.05, 0) is 73.2 Å². The number of nitrogens with zero attached hydrogens (tertiary/aromatic N) is 2. The number of rotatable bonds is 16. The Morgan fingerprint density at radius 1 is 0.686 bits per heavy atom. The molecule has 2 aromatic heterocycles. The summed E-state index contributed by atoms with van der Waals surface area (Å²) >= 11 is 0. The molecule has 1 N–H and O–H groups in total. The Balaban J connectivity index is 1.14. The van der Waals surface area contributed by atoms with Gasteiger partial charge in [-0.3, -0.25) is 14.8 Å². The molecule has 1 aromatic carbocycles. The number of amides is 1. The van der Waals surface area contributed by atoms with E-state index in [1.807, 2.05) is 42.7 Å². The van der Waals surface area contributed by atoms with Crippen molar-refractivity contribution in [2.75, 3.05) is 5.32 Å². The lowest BCUT2D eigenvalue weighted by molar-refractivity contribution is -0.116. The Labute approximate surface area is 211 Å². The van der Waals surface area contributed by atoms with Gasteiger partial charge in [0.2, 0.25) is 5.91 Å². The lowest BCUT2D eigenvalue weighted by Crippen LogP contribution is -2.10. The number of unbranched alkanes of at least 4 members (excludes halogenated alkanes) is 9. The van der Waals surface area contributed by atoms with Gasteiger partial charge in [0.1, 0.15) is 0 Å². The maximum absolute atomic E-state index is 12.1. The number of hydrogen-bond acceptors (Lipinski definition) is 3. The maximum atomic E-state index is 12.1. The zero-order chi connectivity index (χ0) is 24.6. The van der Waals surface area contributed by atoms with E-state index in [1.54, 1.807) is 0 Å². The van der Waals surface area contributed by atoms with E-state index in [0.29, 0.717) is 6.42 Å². The van der Waals surface area contributed by atoms with E-state index >= 15 is 0 Å². The van der Waals surface area contributed by atoms with Crippen LogP contribution in [0.15, 0.2) is 67.0 Å². The zero-order valence-electron chi connectivity index (χ0n) is 21.3. The lowest BCUT2D eigenvalue weighted by atomic mass is 10.0. The summed E-state index contributed by atoms with van der Waals surface area (Å²) in [6, 6.07) is 18.4. The van der Waals surface area contributed by atoms with Crippen LogP contribution in [0.2, 0.25) is 0 Å². The van der Waals surface area contributed by atoms with Crippen LogP contribution < -0.4 is 5.32 Å². The third kappa shape index (κ3) is 10.4. The molecular weight excluding hydrogens is 430 g/mol.